The monoisotopic (exact) mass is 269 g/mol. The molecule has 0 unspecified atom stereocenters. The molecule has 0 bridgehead atoms. The third-order valence-corrected chi connectivity index (χ3v) is 2.11. The fourth-order valence-electron chi connectivity index (χ4n) is 1.36. The molecule has 0 aliphatic rings. The highest BCUT2D eigenvalue weighted by Crippen LogP contribution is 2.24. The number of nitrogens with zero attached hydrogens (tertiary/aromatic N) is 1. The third-order valence-electron chi connectivity index (χ3n) is 2.11. The molecule has 1 rings (SSSR count). The van der Waals surface area contributed by atoms with Crippen LogP contribution in [0.1, 0.15) is 33.2 Å². The van der Waals surface area contributed by atoms with Crippen molar-refractivity contribution in [2.45, 2.75) is 13.5 Å². The second-order valence-corrected chi connectivity index (χ2v) is 3.26. The van der Waals surface area contributed by atoms with E-state index < -0.39 is 18.3 Å². The number of halogens is 2. The predicted molar refractivity (Wildman–Crippen MR) is 59.1 cm³/mol. The molecule has 7 heteroatoms. The van der Waals surface area contributed by atoms with Crippen LogP contribution in [-0.2, 0) is 4.74 Å². The van der Waals surface area contributed by atoms with Gasteiger partial charge in [0.15, 0.2) is 6.29 Å². The predicted octanol–water partition coefficient (Wildman–Crippen LogP) is 2.15. The first-order valence-electron chi connectivity index (χ1n) is 5.18. The van der Waals surface area contributed by atoms with Gasteiger partial charge in [-0.2, -0.15) is 14.0 Å². The van der Waals surface area contributed by atoms with E-state index in [0.717, 1.165) is 12.1 Å². The highest BCUT2D eigenvalue weighted by molar-refractivity contribution is 5.95. The van der Waals surface area contributed by atoms with E-state index in [1.807, 2.05) is 0 Å². The summed E-state index contributed by atoms with van der Waals surface area (Å²) in [5, 5.41) is 8.87. The lowest BCUT2D eigenvalue weighted by Crippen LogP contribution is -2.10. The largest absolute Gasteiger partial charge is 0.462 e. The van der Waals surface area contributed by atoms with Gasteiger partial charge in [0, 0.05) is 0 Å². The standard InChI is InChI=1S/C12H9F2NO4/c1-2-18-11(17)9-3-8(6-16)10(19-12(13)14)4-7(9)5-15/h3-4,6,12H,2H2,1H3. The smallest absolute Gasteiger partial charge is 0.387 e. The Morgan fingerprint density at radius 2 is 2.21 bits per heavy atom. The van der Waals surface area contributed by atoms with Crippen LogP contribution < -0.4 is 4.74 Å². The Morgan fingerprint density at radius 1 is 1.53 bits per heavy atom. The van der Waals surface area contributed by atoms with Crippen molar-refractivity contribution in [3.05, 3.63) is 28.8 Å². The first kappa shape index (κ1) is 14.6. The fourth-order valence-corrected chi connectivity index (χ4v) is 1.36. The summed E-state index contributed by atoms with van der Waals surface area (Å²) in [6.45, 7) is -1.49. The van der Waals surface area contributed by atoms with Gasteiger partial charge in [0.2, 0.25) is 0 Å². The van der Waals surface area contributed by atoms with E-state index in [4.69, 9.17) is 10.00 Å². The topological polar surface area (TPSA) is 76.4 Å². The van der Waals surface area contributed by atoms with Crippen LogP contribution in [0.5, 0.6) is 5.75 Å². The number of hydrogen-bond donors (Lipinski definition) is 0. The molecule has 0 fully saturated rings. The average Bonchev–Trinajstić information content (AvgIpc) is 2.37. The van der Waals surface area contributed by atoms with Crippen molar-refractivity contribution in [1.29, 1.82) is 5.26 Å². The summed E-state index contributed by atoms with van der Waals surface area (Å²) in [7, 11) is 0. The molecule has 0 saturated carbocycles. The summed E-state index contributed by atoms with van der Waals surface area (Å²) in [5.41, 5.74) is -0.643. The summed E-state index contributed by atoms with van der Waals surface area (Å²) in [4.78, 5) is 22.3. The minimum atomic E-state index is -3.14. The number of nitriles is 1. The Balaban J connectivity index is 3.31. The molecule has 0 saturated heterocycles. The van der Waals surface area contributed by atoms with Gasteiger partial charge in [-0.3, -0.25) is 4.79 Å². The van der Waals surface area contributed by atoms with E-state index in [1.54, 1.807) is 13.0 Å². The molecular weight excluding hydrogens is 260 g/mol. The highest BCUT2D eigenvalue weighted by atomic mass is 19.3. The highest BCUT2D eigenvalue weighted by Gasteiger charge is 2.19. The Bertz CT molecular complexity index is 537. The number of ether oxygens (including phenoxy) is 2. The summed E-state index contributed by atoms with van der Waals surface area (Å²) in [6.07, 6.45) is 0.252. The Morgan fingerprint density at radius 3 is 2.68 bits per heavy atom. The van der Waals surface area contributed by atoms with Crippen LogP contribution in [0, 0.1) is 11.3 Å². The number of benzene rings is 1. The van der Waals surface area contributed by atoms with Gasteiger partial charge in [0.05, 0.1) is 23.3 Å². The molecule has 0 atom stereocenters. The van der Waals surface area contributed by atoms with Crippen LogP contribution in [0.3, 0.4) is 0 Å². The maximum atomic E-state index is 12.1. The zero-order valence-corrected chi connectivity index (χ0v) is 9.85. The number of rotatable bonds is 5. The molecule has 19 heavy (non-hydrogen) atoms. The molecule has 0 amide bonds. The van der Waals surface area contributed by atoms with Gasteiger partial charge in [-0.25, -0.2) is 4.79 Å². The second kappa shape index (κ2) is 6.44. The molecular formula is C12H9F2NO4. The van der Waals surface area contributed by atoms with Gasteiger partial charge in [-0.05, 0) is 19.1 Å². The summed E-state index contributed by atoms with van der Waals surface area (Å²) in [5.74, 6) is -1.28. The molecule has 0 aromatic heterocycles. The van der Waals surface area contributed by atoms with Crippen LogP contribution in [0.2, 0.25) is 0 Å². The van der Waals surface area contributed by atoms with Crippen molar-refractivity contribution in [1.82, 2.24) is 0 Å². The maximum absolute atomic E-state index is 12.1. The number of carbonyl (C=O) groups is 2. The molecule has 0 spiro atoms. The minimum absolute atomic E-state index is 0.0788. The number of alkyl halides is 2. The first-order chi connectivity index (χ1) is 9.03. The molecule has 1 aromatic carbocycles. The van der Waals surface area contributed by atoms with Crippen molar-refractivity contribution < 1.29 is 27.8 Å². The fraction of sp³-hybridized carbons (Fsp3) is 0.250. The van der Waals surface area contributed by atoms with Gasteiger partial charge >= 0.3 is 12.6 Å². The zero-order chi connectivity index (χ0) is 14.4. The van der Waals surface area contributed by atoms with Gasteiger partial charge in [-0.15, -0.1) is 0 Å². The van der Waals surface area contributed by atoms with Crippen molar-refractivity contribution in [2.75, 3.05) is 6.61 Å². The van der Waals surface area contributed by atoms with Crippen LogP contribution in [0.4, 0.5) is 8.78 Å². The normalized spacial score (nSPS) is 9.84. The van der Waals surface area contributed by atoms with Crippen molar-refractivity contribution in [3.63, 3.8) is 0 Å². The lowest BCUT2D eigenvalue weighted by atomic mass is 10.0. The molecule has 0 radical (unpaired) electrons. The van der Waals surface area contributed by atoms with E-state index >= 15 is 0 Å². The quantitative estimate of drug-likeness (QED) is 0.604. The Hall–Kier alpha value is -2.49. The molecule has 5 nitrogen and oxygen atoms in total. The van der Waals surface area contributed by atoms with E-state index in [2.05, 4.69) is 4.74 Å². The summed E-state index contributed by atoms with van der Waals surface area (Å²) in [6, 6.07) is 3.55. The number of aldehydes is 1. The van der Waals surface area contributed by atoms with Gasteiger partial charge in [0.1, 0.15) is 11.8 Å². The Kier molecular flexibility index (Phi) is 4.94. The van der Waals surface area contributed by atoms with E-state index in [1.165, 1.54) is 0 Å². The summed E-state index contributed by atoms with van der Waals surface area (Å²) < 4.78 is 33.1. The van der Waals surface area contributed by atoms with Gasteiger partial charge < -0.3 is 9.47 Å². The van der Waals surface area contributed by atoms with Crippen molar-refractivity contribution in [3.8, 4) is 11.8 Å². The SMILES string of the molecule is CCOC(=O)c1cc(C=O)c(OC(F)F)cc1C#N. The summed E-state index contributed by atoms with van der Waals surface area (Å²) >= 11 is 0. The first-order valence-corrected chi connectivity index (χ1v) is 5.18. The molecule has 0 aliphatic heterocycles. The van der Waals surface area contributed by atoms with Crippen molar-refractivity contribution >= 4 is 12.3 Å². The van der Waals surface area contributed by atoms with Crippen molar-refractivity contribution in [2.24, 2.45) is 0 Å². The molecule has 1 aromatic rings. The lowest BCUT2D eigenvalue weighted by Gasteiger charge is -2.10. The third kappa shape index (κ3) is 3.48. The number of hydrogen-bond acceptors (Lipinski definition) is 5. The van der Waals surface area contributed by atoms with E-state index in [0.29, 0.717) is 0 Å². The number of esters is 1. The Labute approximate surface area is 107 Å². The van der Waals surface area contributed by atoms with Crippen LogP contribution in [0.25, 0.3) is 0 Å². The molecule has 0 heterocycles. The van der Waals surface area contributed by atoms with Crippen LogP contribution >= 0.6 is 0 Å². The van der Waals surface area contributed by atoms with Crippen LogP contribution in [-0.4, -0.2) is 25.5 Å². The zero-order valence-electron chi connectivity index (χ0n) is 9.85. The second-order valence-electron chi connectivity index (χ2n) is 3.26. The van der Waals surface area contributed by atoms with E-state index in [-0.39, 0.29) is 29.6 Å². The minimum Gasteiger partial charge on any atom is -0.462 e. The van der Waals surface area contributed by atoms with E-state index in [9.17, 15) is 18.4 Å². The van der Waals surface area contributed by atoms with Gasteiger partial charge in [0.25, 0.3) is 0 Å². The van der Waals surface area contributed by atoms with Gasteiger partial charge in [-0.1, -0.05) is 0 Å². The number of carbonyl (C=O) groups excluding carboxylic acids is 2. The maximum Gasteiger partial charge on any atom is 0.387 e. The molecule has 0 N–H and O–H groups in total. The average molecular weight is 269 g/mol. The molecule has 100 valence electrons. The lowest BCUT2D eigenvalue weighted by molar-refractivity contribution is -0.0500. The molecule has 0 aliphatic carbocycles. The van der Waals surface area contributed by atoms with Crippen LogP contribution in [0.15, 0.2) is 12.1 Å².